The van der Waals surface area contributed by atoms with Crippen LogP contribution >= 0.6 is 0 Å². The number of benzene rings is 1. The molecule has 1 aliphatic heterocycles. The molecule has 154 valence electrons. The molecule has 0 spiro atoms. The lowest BCUT2D eigenvalue weighted by atomic mass is 9.97. The van der Waals surface area contributed by atoms with Crippen LogP contribution in [0.25, 0.3) is 0 Å². The van der Waals surface area contributed by atoms with E-state index in [1.54, 1.807) is 0 Å². The van der Waals surface area contributed by atoms with Crippen LogP contribution in [0, 0.1) is 5.92 Å². The molecule has 3 aliphatic rings. The second kappa shape index (κ2) is 8.03. The number of ether oxygens (including phenoxy) is 1. The normalized spacial score (nSPS) is 25.5. The Labute approximate surface area is 163 Å². The quantitative estimate of drug-likeness (QED) is 0.736. The van der Waals surface area contributed by atoms with Crippen molar-refractivity contribution in [2.75, 3.05) is 19.8 Å². The summed E-state index contributed by atoms with van der Waals surface area (Å²) in [7, 11) is 0. The van der Waals surface area contributed by atoms with Gasteiger partial charge in [-0.1, -0.05) is 12.8 Å². The summed E-state index contributed by atoms with van der Waals surface area (Å²) < 4.78 is 44.7. The van der Waals surface area contributed by atoms with Crippen molar-refractivity contribution in [3.05, 3.63) is 34.9 Å². The number of nitrogens with one attached hydrogen (secondary N) is 2. The van der Waals surface area contributed by atoms with Crippen LogP contribution in [0.1, 0.15) is 65.9 Å². The highest BCUT2D eigenvalue weighted by molar-refractivity contribution is 5.96. The Bertz CT molecular complexity index is 714. The van der Waals surface area contributed by atoms with Gasteiger partial charge >= 0.3 is 6.18 Å². The van der Waals surface area contributed by atoms with Gasteiger partial charge in [0.15, 0.2) is 0 Å². The van der Waals surface area contributed by atoms with E-state index in [0.29, 0.717) is 24.3 Å². The first-order valence-corrected chi connectivity index (χ1v) is 10.2. The zero-order valence-electron chi connectivity index (χ0n) is 15.9. The zero-order chi connectivity index (χ0) is 19.7. The predicted molar refractivity (Wildman–Crippen MR) is 99.2 cm³/mol. The fourth-order valence-electron chi connectivity index (χ4n) is 3.93. The van der Waals surface area contributed by atoms with E-state index in [0.717, 1.165) is 50.3 Å². The summed E-state index contributed by atoms with van der Waals surface area (Å²) in [5.41, 5.74) is 0.187. The first-order chi connectivity index (χ1) is 13.4. The van der Waals surface area contributed by atoms with E-state index in [-0.39, 0.29) is 23.9 Å². The molecule has 4 nitrogen and oxygen atoms in total. The monoisotopic (exact) mass is 396 g/mol. The van der Waals surface area contributed by atoms with Crippen molar-refractivity contribution in [3.8, 4) is 0 Å². The average molecular weight is 396 g/mol. The predicted octanol–water partition coefficient (Wildman–Crippen LogP) is 3.86. The minimum atomic E-state index is -4.40. The summed E-state index contributed by atoms with van der Waals surface area (Å²) in [6, 6.07) is 3.44. The number of rotatable bonds is 7. The zero-order valence-corrected chi connectivity index (χ0v) is 15.9. The van der Waals surface area contributed by atoms with Crippen LogP contribution in [0.2, 0.25) is 0 Å². The molecule has 2 saturated carbocycles. The van der Waals surface area contributed by atoms with Crippen molar-refractivity contribution >= 4 is 5.91 Å². The van der Waals surface area contributed by atoms with Crippen molar-refractivity contribution in [3.63, 3.8) is 0 Å². The van der Waals surface area contributed by atoms with E-state index in [2.05, 4.69) is 10.6 Å². The van der Waals surface area contributed by atoms with Gasteiger partial charge in [-0.3, -0.25) is 4.79 Å². The van der Waals surface area contributed by atoms with Gasteiger partial charge in [-0.05, 0) is 67.8 Å². The molecular weight excluding hydrogens is 369 g/mol. The Hall–Kier alpha value is -1.60. The number of alkyl halides is 3. The standard InChI is InChI=1S/C21H27F3N2O2/c22-21(23,24)15-5-6-16(17(11-15)14-3-4-14)20(27)26-19-12-28-10-8-18(19)25-9-7-13-1-2-13/h5-6,11,13-14,18-19,25H,1-4,7-10,12H2,(H,26,27). The first kappa shape index (κ1) is 19.7. The molecule has 2 aliphatic carbocycles. The maximum atomic E-state index is 13.1. The Morgan fingerprint density at radius 1 is 1.11 bits per heavy atom. The van der Waals surface area contributed by atoms with Crippen LogP contribution in [-0.4, -0.2) is 37.7 Å². The highest BCUT2D eigenvalue weighted by Gasteiger charge is 2.36. The Morgan fingerprint density at radius 3 is 2.57 bits per heavy atom. The van der Waals surface area contributed by atoms with Gasteiger partial charge in [-0.2, -0.15) is 13.2 Å². The largest absolute Gasteiger partial charge is 0.416 e. The fraction of sp³-hybridized carbons (Fsp3) is 0.667. The van der Waals surface area contributed by atoms with E-state index < -0.39 is 11.7 Å². The number of carbonyl (C=O) groups excluding carboxylic acids is 1. The number of carbonyl (C=O) groups is 1. The topological polar surface area (TPSA) is 50.4 Å². The van der Waals surface area contributed by atoms with Gasteiger partial charge in [0.2, 0.25) is 0 Å². The third kappa shape index (κ3) is 4.87. The molecule has 1 saturated heterocycles. The van der Waals surface area contributed by atoms with Crippen molar-refractivity contribution < 1.29 is 22.7 Å². The summed E-state index contributed by atoms with van der Waals surface area (Å²) in [6.07, 6.45) is 1.87. The Kier molecular flexibility index (Phi) is 5.65. The van der Waals surface area contributed by atoms with Crippen LogP contribution in [0.15, 0.2) is 18.2 Å². The molecule has 2 atom stereocenters. The van der Waals surface area contributed by atoms with Crippen molar-refractivity contribution in [1.82, 2.24) is 10.6 Å². The fourth-order valence-corrected chi connectivity index (χ4v) is 3.93. The Balaban J connectivity index is 1.44. The molecule has 0 radical (unpaired) electrons. The lowest BCUT2D eigenvalue weighted by Crippen LogP contribution is -2.55. The highest BCUT2D eigenvalue weighted by atomic mass is 19.4. The molecule has 0 aromatic heterocycles. The molecule has 7 heteroatoms. The molecule has 1 heterocycles. The third-order valence-electron chi connectivity index (χ3n) is 5.97. The van der Waals surface area contributed by atoms with Crippen molar-refractivity contribution in [1.29, 1.82) is 0 Å². The molecule has 3 fully saturated rings. The van der Waals surface area contributed by atoms with E-state index >= 15 is 0 Å². The van der Waals surface area contributed by atoms with E-state index in [9.17, 15) is 18.0 Å². The van der Waals surface area contributed by atoms with Crippen LogP contribution < -0.4 is 10.6 Å². The molecule has 1 aromatic rings. The summed E-state index contributed by atoms with van der Waals surface area (Å²) in [6.45, 7) is 2.00. The Morgan fingerprint density at radius 2 is 1.89 bits per heavy atom. The molecule has 0 bridgehead atoms. The maximum Gasteiger partial charge on any atom is 0.416 e. The van der Waals surface area contributed by atoms with Gasteiger partial charge in [-0.15, -0.1) is 0 Å². The van der Waals surface area contributed by atoms with E-state index in [4.69, 9.17) is 4.74 Å². The lowest BCUT2D eigenvalue weighted by Gasteiger charge is -2.33. The third-order valence-corrected chi connectivity index (χ3v) is 5.97. The number of halogens is 3. The molecule has 2 unspecified atom stereocenters. The average Bonchev–Trinajstić information content (AvgIpc) is 3.55. The summed E-state index contributed by atoms with van der Waals surface area (Å²) in [5, 5.41) is 6.55. The van der Waals surface area contributed by atoms with Gasteiger partial charge in [0.05, 0.1) is 18.2 Å². The van der Waals surface area contributed by atoms with Crippen LogP contribution in [0.3, 0.4) is 0 Å². The lowest BCUT2D eigenvalue weighted by molar-refractivity contribution is -0.137. The molecule has 1 aromatic carbocycles. The van der Waals surface area contributed by atoms with E-state index in [1.165, 1.54) is 18.9 Å². The second-order valence-corrected chi connectivity index (χ2v) is 8.31. The van der Waals surface area contributed by atoms with E-state index in [1.807, 2.05) is 0 Å². The minimum Gasteiger partial charge on any atom is -0.379 e. The van der Waals surface area contributed by atoms with Crippen LogP contribution in [-0.2, 0) is 10.9 Å². The smallest absolute Gasteiger partial charge is 0.379 e. The van der Waals surface area contributed by atoms with Crippen LogP contribution in [0.5, 0.6) is 0 Å². The second-order valence-electron chi connectivity index (χ2n) is 8.31. The van der Waals surface area contributed by atoms with Gasteiger partial charge < -0.3 is 15.4 Å². The summed E-state index contributed by atoms with van der Waals surface area (Å²) >= 11 is 0. The van der Waals surface area contributed by atoms with Gasteiger partial charge in [-0.25, -0.2) is 0 Å². The maximum absolute atomic E-state index is 13.1. The molecular formula is C21H27F3N2O2. The summed E-state index contributed by atoms with van der Waals surface area (Å²) in [4.78, 5) is 12.9. The van der Waals surface area contributed by atoms with Crippen molar-refractivity contribution in [2.45, 2.75) is 62.7 Å². The van der Waals surface area contributed by atoms with Crippen molar-refractivity contribution in [2.24, 2.45) is 5.92 Å². The van der Waals surface area contributed by atoms with Crippen LogP contribution in [0.4, 0.5) is 13.2 Å². The van der Waals surface area contributed by atoms with Gasteiger partial charge in [0, 0.05) is 18.2 Å². The molecule has 4 rings (SSSR count). The highest BCUT2D eigenvalue weighted by Crippen LogP contribution is 2.43. The molecule has 1 amide bonds. The SMILES string of the molecule is O=C(NC1COCCC1NCCC1CC1)c1ccc(C(F)(F)F)cc1C1CC1. The minimum absolute atomic E-state index is 0.0538. The number of hydrogen-bond acceptors (Lipinski definition) is 3. The molecule has 28 heavy (non-hydrogen) atoms. The van der Waals surface area contributed by atoms with Gasteiger partial charge in [0.1, 0.15) is 0 Å². The number of hydrogen-bond donors (Lipinski definition) is 2. The first-order valence-electron chi connectivity index (χ1n) is 10.2. The molecule has 2 N–H and O–H groups in total. The number of amides is 1. The van der Waals surface area contributed by atoms with Gasteiger partial charge in [0.25, 0.3) is 5.91 Å². The summed E-state index contributed by atoms with van der Waals surface area (Å²) in [5.74, 6) is 0.590.